The normalized spacial score (nSPS) is 13.4. The summed E-state index contributed by atoms with van der Waals surface area (Å²) < 4.78 is 5.58. The van der Waals surface area contributed by atoms with Crippen molar-refractivity contribution in [3.05, 3.63) is 59.7 Å². The summed E-state index contributed by atoms with van der Waals surface area (Å²) in [5.74, 6) is 0.480. The molecule has 3 aromatic rings. The van der Waals surface area contributed by atoms with Gasteiger partial charge in [0.25, 0.3) is 0 Å². The van der Waals surface area contributed by atoms with E-state index in [1.54, 1.807) is 36.4 Å². The van der Waals surface area contributed by atoms with E-state index in [-0.39, 0.29) is 17.2 Å². The van der Waals surface area contributed by atoms with E-state index in [0.717, 1.165) is 16.3 Å². The van der Waals surface area contributed by atoms with E-state index >= 15 is 0 Å². The van der Waals surface area contributed by atoms with Crippen LogP contribution in [0.5, 0.6) is 23.0 Å². The van der Waals surface area contributed by atoms with Gasteiger partial charge in [-0.2, -0.15) is 0 Å². The highest BCUT2D eigenvalue weighted by molar-refractivity contribution is 6.70. The Balaban J connectivity index is 1.95. The molecule has 0 aliphatic carbocycles. The molecule has 0 saturated carbocycles. The maximum Gasteiger partial charge on any atom is 0.560 e. The van der Waals surface area contributed by atoms with Crippen molar-refractivity contribution < 1.29 is 25.0 Å². The molecule has 0 atom stereocenters. The molecule has 0 amide bonds. The zero-order chi connectivity index (χ0) is 16.8. The summed E-state index contributed by atoms with van der Waals surface area (Å²) >= 11 is 0. The van der Waals surface area contributed by atoms with Crippen LogP contribution in [-0.2, 0) is 0 Å². The first-order valence-corrected chi connectivity index (χ1v) is 7.37. The van der Waals surface area contributed by atoms with Crippen LogP contribution in [0.15, 0.2) is 48.5 Å². The lowest BCUT2D eigenvalue weighted by atomic mass is 9.71. The lowest BCUT2D eigenvalue weighted by Crippen LogP contribution is -2.27. The largest absolute Gasteiger partial charge is 0.560 e. The Morgan fingerprint density at radius 3 is 2.29 bits per heavy atom. The van der Waals surface area contributed by atoms with Gasteiger partial charge in [-0.1, -0.05) is 6.07 Å². The van der Waals surface area contributed by atoms with E-state index in [2.05, 4.69) is 0 Å². The molecule has 118 valence electrons. The SMILES string of the molecule is OB1Oc2ccc3cc(O)ccc3c2C=C1c1cc(O)cc(O)c1. The number of rotatable bonds is 1. The molecule has 0 radical (unpaired) electrons. The van der Waals surface area contributed by atoms with Crippen molar-refractivity contribution in [2.24, 2.45) is 0 Å². The molecule has 3 aromatic carbocycles. The summed E-state index contributed by atoms with van der Waals surface area (Å²) in [7, 11) is -1.21. The molecule has 0 fully saturated rings. The molecule has 4 N–H and O–H groups in total. The van der Waals surface area contributed by atoms with E-state index in [0.29, 0.717) is 16.8 Å². The van der Waals surface area contributed by atoms with Crippen molar-refractivity contribution in [2.45, 2.75) is 0 Å². The number of fused-ring (bicyclic) bond motifs is 3. The molecule has 0 bridgehead atoms. The topological polar surface area (TPSA) is 90.2 Å². The first-order chi connectivity index (χ1) is 11.5. The van der Waals surface area contributed by atoms with Crippen molar-refractivity contribution in [2.75, 3.05) is 0 Å². The second-order valence-electron chi connectivity index (χ2n) is 5.69. The van der Waals surface area contributed by atoms with Gasteiger partial charge < -0.3 is 25.0 Å². The van der Waals surface area contributed by atoms with Gasteiger partial charge in [0.2, 0.25) is 0 Å². The quantitative estimate of drug-likeness (QED) is 0.518. The number of aromatic hydroxyl groups is 3. The van der Waals surface area contributed by atoms with Gasteiger partial charge in [-0.05, 0) is 58.8 Å². The van der Waals surface area contributed by atoms with Crippen LogP contribution in [0.1, 0.15) is 11.1 Å². The average Bonchev–Trinajstić information content (AvgIpc) is 2.52. The molecule has 1 aliphatic rings. The molecule has 4 rings (SSSR count). The monoisotopic (exact) mass is 320 g/mol. The van der Waals surface area contributed by atoms with Crippen molar-refractivity contribution in [1.82, 2.24) is 0 Å². The van der Waals surface area contributed by atoms with Crippen molar-refractivity contribution >= 4 is 29.4 Å². The Labute approximate surface area is 137 Å². The fourth-order valence-corrected chi connectivity index (χ4v) is 2.97. The standard InChI is InChI=1S/C18H13BO5/c20-12-2-3-15-10(5-12)1-4-18-16(15)9-17(19(23)24-18)11-6-13(21)8-14(22)7-11/h1-9,20-23H. The average molecular weight is 320 g/mol. The fourth-order valence-electron chi connectivity index (χ4n) is 2.97. The second-order valence-corrected chi connectivity index (χ2v) is 5.69. The lowest BCUT2D eigenvalue weighted by molar-refractivity contribution is 0.432. The molecule has 1 aliphatic heterocycles. The Morgan fingerprint density at radius 2 is 1.54 bits per heavy atom. The third kappa shape index (κ3) is 2.33. The highest BCUT2D eigenvalue weighted by Gasteiger charge is 2.30. The molecular weight excluding hydrogens is 307 g/mol. The molecule has 24 heavy (non-hydrogen) atoms. The van der Waals surface area contributed by atoms with Gasteiger partial charge in [-0.25, -0.2) is 0 Å². The zero-order valence-corrected chi connectivity index (χ0v) is 12.5. The third-order valence-corrected chi connectivity index (χ3v) is 4.05. The number of phenolic OH excluding ortho intramolecular Hbond substituents is 3. The highest BCUT2D eigenvalue weighted by Crippen LogP contribution is 2.38. The summed E-state index contributed by atoms with van der Waals surface area (Å²) in [6.45, 7) is 0. The summed E-state index contributed by atoms with van der Waals surface area (Å²) in [5, 5.41) is 40.9. The summed E-state index contributed by atoms with van der Waals surface area (Å²) in [5.41, 5.74) is 1.64. The Kier molecular flexibility index (Phi) is 3.14. The molecule has 6 heteroatoms. The Hall–Kier alpha value is -3.12. The summed E-state index contributed by atoms with van der Waals surface area (Å²) in [6.07, 6.45) is 1.76. The van der Waals surface area contributed by atoms with Gasteiger partial charge in [0, 0.05) is 17.1 Å². The smallest absolute Gasteiger partial charge is 0.532 e. The first kappa shape index (κ1) is 14.5. The third-order valence-electron chi connectivity index (χ3n) is 4.05. The first-order valence-electron chi connectivity index (χ1n) is 7.37. The minimum Gasteiger partial charge on any atom is -0.532 e. The number of hydrogen-bond donors (Lipinski definition) is 4. The fraction of sp³-hybridized carbons (Fsp3) is 0. The van der Waals surface area contributed by atoms with E-state index in [1.807, 2.05) is 0 Å². The van der Waals surface area contributed by atoms with Crippen LogP contribution in [0.4, 0.5) is 0 Å². The zero-order valence-electron chi connectivity index (χ0n) is 12.5. The highest BCUT2D eigenvalue weighted by atomic mass is 16.5. The Bertz CT molecular complexity index is 976. The van der Waals surface area contributed by atoms with Crippen LogP contribution < -0.4 is 4.65 Å². The summed E-state index contributed by atoms with van der Waals surface area (Å²) in [4.78, 5) is 0. The lowest BCUT2D eigenvalue weighted by Gasteiger charge is -2.22. The van der Waals surface area contributed by atoms with Crippen molar-refractivity contribution in [1.29, 1.82) is 0 Å². The van der Waals surface area contributed by atoms with E-state index < -0.39 is 7.12 Å². The molecule has 0 unspecified atom stereocenters. The minimum atomic E-state index is -1.21. The van der Waals surface area contributed by atoms with Crippen LogP contribution in [0, 0.1) is 0 Å². The van der Waals surface area contributed by atoms with Gasteiger partial charge in [0.1, 0.15) is 23.0 Å². The molecular formula is C18H13BO5. The van der Waals surface area contributed by atoms with Gasteiger partial charge in [-0.3, -0.25) is 0 Å². The van der Waals surface area contributed by atoms with Crippen LogP contribution in [-0.4, -0.2) is 27.5 Å². The molecule has 1 heterocycles. The number of hydrogen-bond acceptors (Lipinski definition) is 5. The van der Waals surface area contributed by atoms with E-state index in [4.69, 9.17) is 4.65 Å². The van der Waals surface area contributed by atoms with Crippen molar-refractivity contribution in [3.63, 3.8) is 0 Å². The van der Waals surface area contributed by atoms with E-state index in [9.17, 15) is 20.3 Å². The van der Waals surface area contributed by atoms with Crippen molar-refractivity contribution in [3.8, 4) is 23.0 Å². The maximum absolute atomic E-state index is 10.3. The van der Waals surface area contributed by atoms with Crippen LogP contribution in [0.25, 0.3) is 22.3 Å². The summed E-state index contributed by atoms with van der Waals surface area (Å²) in [6, 6.07) is 12.6. The molecule has 0 aromatic heterocycles. The van der Waals surface area contributed by atoms with E-state index in [1.165, 1.54) is 18.2 Å². The van der Waals surface area contributed by atoms with Gasteiger partial charge >= 0.3 is 7.12 Å². The van der Waals surface area contributed by atoms with Gasteiger partial charge in [-0.15, -0.1) is 0 Å². The second kappa shape index (κ2) is 5.21. The number of phenols is 3. The maximum atomic E-state index is 10.3. The predicted molar refractivity (Wildman–Crippen MR) is 91.9 cm³/mol. The Morgan fingerprint density at radius 1 is 0.792 bits per heavy atom. The molecule has 0 spiro atoms. The van der Waals surface area contributed by atoms with Crippen LogP contribution in [0.2, 0.25) is 0 Å². The number of benzene rings is 3. The van der Waals surface area contributed by atoms with Crippen LogP contribution in [0.3, 0.4) is 0 Å². The predicted octanol–water partition coefficient (Wildman–Crippen LogP) is 2.91. The van der Waals surface area contributed by atoms with Gasteiger partial charge in [0.15, 0.2) is 0 Å². The minimum absolute atomic E-state index is 0.105. The van der Waals surface area contributed by atoms with Crippen LogP contribution >= 0.6 is 0 Å². The van der Waals surface area contributed by atoms with Gasteiger partial charge in [0.05, 0.1) is 0 Å². The molecule has 5 nitrogen and oxygen atoms in total. The molecule has 0 saturated heterocycles.